The molecule has 154 valence electrons. The summed E-state index contributed by atoms with van der Waals surface area (Å²) in [6.07, 6.45) is -4.47. The summed E-state index contributed by atoms with van der Waals surface area (Å²) >= 11 is 0. The van der Waals surface area contributed by atoms with Gasteiger partial charge in [0.2, 0.25) is 0 Å². The van der Waals surface area contributed by atoms with E-state index in [1.165, 1.54) is 32.0 Å². The van der Waals surface area contributed by atoms with Gasteiger partial charge in [0.05, 0.1) is 16.8 Å². The van der Waals surface area contributed by atoms with Crippen LogP contribution in [0.25, 0.3) is 0 Å². The van der Waals surface area contributed by atoms with E-state index in [2.05, 4.69) is 10.3 Å². The number of para-hydroxylation sites is 1. The molecule has 0 amide bonds. The molecular weight excluding hydrogens is 389 g/mol. The first-order chi connectivity index (χ1) is 13.7. The number of rotatable bonds is 6. The SMILES string of the molecule is CCO/N=C(/O/N=C(\C)c1cccc(C(F)(F)F)c1)c1ccccc1OC(C)=O. The molecule has 2 aromatic rings. The number of oxime groups is 2. The third kappa shape index (κ3) is 6.34. The maximum Gasteiger partial charge on any atom is 0.416 e. The molecule has 0 saturated carbocycles. The quantitative estimate of drug-likeness (QED) is 0.227. The molecule has 0 aliphatic rings. The number of alkyl halides is 3. The van der Waals surface area contributed by atoms with Gasteiger partial charge in [0.1, 0.15) is 12.4 Å². The molecule has 0 radical (unpaired) electrons. The number of benzene rings is 2. The zero-order valence-electron chi connectivity index (χ0n) is 16.0. The van der Waals surface area contributed by atoms with Gasteiger partial charge in [-0.2, -0.15) is 13.2 Å². The molecule has 0 heterocycles. The fourth-order valence-corrected chi connectivity index (χ4v) is 2.21. The summed E-state index contributed by atoms with van der Waals surface area (Å²) in [5.74, 6) is -0.489. The summed E-state index contributed by atoms with van der Waals surface area (Å²) in [5, 5.41) is 7.68. The van der Waals surface area contributed by atoms with E-state index in [1.807, 2.05) is 0 Å². The van der Waals surface area contributed by atoms with Gasteiger partial charge in [-0.3, -0.25) is 4.79 Å². The molecule has 0 N–H and O–H groups in total. The Balaban J connectivity index is 2.34. The number of hydrogen-bond donors (Lipinski definition) is 0. The van der Waals surface area contributed by atoms with Crippen LogP contribution in [0.15, 0.2) is 58.8 Å². The van der Waals surface area contributed by atoms with Crippen molar-refractivity contribution in [2.45, 2.75) is 26.9 Å². The van der Waals surface area contributed by atoms with Crippen molar-refractivity contribution in [3.05, 3.63) is 65.2 Å². The molecule has 0 aliphatic heterocycles. The Morgan fingerprint density at radius 2 is 1.76 bits per heavy atom. The lowest BCUT2D eigenvalue weighted by Gasteiger charge is -2.10. The predicted molar refractivity (Wildman–Crippen MR) is 101 cm³/mol. The third-order valence-electron chi connectivity index (χ3n) is 3.52. The molecule has 0 fully saturated rings. The number of ether oxygens (including phenoxy) is 1. The van der Waals surface area contributed by atoms with Gasteiger partial charge < -0.3 is 14.4 Å². The summed E-state index contributed by atoms with van der Waals surface area (Å²) in [5.41, 5.74) is -0.0983. The van der Waals surface area contributed by atoms with Crippen molar-refractivity contribution < 1.29 is 32.4 Å². The Morgan fingerprint density at radius 1 is 1.03 bits per heavy atom. The second-order valence-electron chi connectivity index (χ2n) is 5.75. The van der Waals surface area contributed by atoms with Crippen molar-refractivity contribution in [3.63, 3.8) is 0 Å². The molecule has 2 rings (SSSR count). The first-order valence-corrected chi connectivity index (χ1v) is 8.59. The van der Waals surface area contributed by atoms with E-state index in [0.29, 0.717) is 0 Å². The van der Waals surface area contributed by atoms with E-state index in [-0.39, 0.29) is 35.1 Å². The van der Waals surface area contributed by atoms with Gasteiger partial charge in [-0.25, -0.2) is 0 Å². The first-order valence-electron chi connectivity index (χ1n) is 8.59. The molecule has 0 saturated heterocycles. The van der Waals surface area contributed by atoms with E-state index in [4.69, 9.17) is 14.4 Å². The highest BCUT2D eigenvalue weighted by Gasteiger charge is 2.30. The van der Waals surface area contributed by atoms with Crippen LogP contribution in [0.3, 0.4) is 0 Å². The average Bonchev–Trinajstić information content (AvgIpc) is 2.67. The van der Waals surface area contributed by atoms with Crippen molar-refractivity contribution in [2.75, 3.05) is 6.61 Å². The second-order valence-corrected chi connectivity index (χ2v) is 5.75. The lowest BCUT2D eigenvalue weighted by molar-refractivity contribution is -0.137. The topological polar surface area (TPSA) is 69.5 Å². The molecule has 2 aromatic carbocycles. The third-order valence-corrected chi connectivity index (χ3v) is 3.52. The first kappa shape index (κ1) is 21.9. The predicted octanol–water partition coefficient (Wildman–Crippen LogP) is 4.77. The number of nitrogens with zero attached hydrogens (tertiary/aromatic N) is 2. The van der Waals surface area contributed by atoms with Gasteiger partial charge in [0.25, 0.3) is 5.90 Å². The number of carbonyl (C=O) groups excluding carboxylic acids is 1. The highest BCUT2D eigenvalue weighted by molar-refractivity contribution is 6.01. The lowest BCUT2D eigenvalue weighted by atomic mass is 10.1. The van der Waals surface area contributed by atoms with E-state index in [9.17, 15) is 18.0 Å². The fourth-order valence-electron chi connectivity index (χ4n) is 2.21. The minimum atomic E-state index is -4.47. The molecule has 0 unspecified atom stereocenters. The van der Waals surface area contributed by atoms with Gasteiger partial charge in [-0.05, 0) is 48.8 Å². The molecule has 6 nitrogen and oxygen atoms in total. The summed E-state index contributed by atoms with van der Waals surface area (Å²) in [6.45, 7) is 4.67. The van der Waals surface area contributed by atoms with Crippen molar-refractivity contribution in [3.8, 4) is 5.75 Å². The van der Waals surface area contributed by atoms with Crippen LogP contribution in [0.2, 0.25) is 0 Å². The van der Waals surface area contributed by atoms with Crippen LogP contribution in [0.4, 0.5) is 13.2 Å². The Kier molecular flexibility index (Phi) is 7.35. The fraction of sp³-hybridized carbons (Fsp3) is 0.250. The van der Waals surface area contributed by atoms with Crippen LogP contribution in [0, 0.1) is 0 Å². The van der Waals surface area contributed by atoms with Crippen LogP contribution in [-0.4, -0.2) is 24.2 Å². The highest BCUT2D eigenvalue weighted by Crippen LogP contribution is 2.29. The van der Waals surface area contributed by atoms with Gasteiger partial charge in [0, 0.05) is 6.92 Å². The maximum absolute atomic E-state index is 12.9. The summed E-state index contributed by atoms with van der Waals surface area (Å²) in [6, 6.07) is 11.1. The average molecular weight is 408 g/mol. The van der Waals surface area contributed by atoms with E-state index in [0.717, 1.165) is 12.1 Å². The van der Waals surface area contributed by atoms with Crippen LogP contribution in [0.1, 0.15) is 37.5 Å². The van der Waals surface area contributed by atoms with Gasteiger partial charge in [-0.1, -0.05) is 29.4 Å². The van der Waals surface area contributed by atoms with Crippen molar-refractivity contribution in [2.24, 2.45) is 10.3 Å². The van der Waals surface area contributed by atoms with Gasteiger partial charge >= 0.3 is 12.1 Å². The molecule has 0 aromatic heterocycles. The summed E-state index contributed by atoms with van der Waals surface area (Å²) in [7, 11) is 0. The molecule has 0 aliphatic carbocycles. The van der Waals surface area contributed by atoms with Crippen LogP contribution in [0.5, 0.6) is 5.75 Å². The Hall–Kier alpha value is -3.36. The van der Waals surface area contributed by atoms with Crippen molar-refractivity contribution >= 4 is 17.6 Å². The standard InChI is InChI=1S/C20H19F3N2O4/c1-4-27-25-19(17-10-5-6-11-18(17)28-14(3)26)29-24-13(2)15-8-7-9-16(12-15)20(21,22)23/h5-12H,4H2,1-3H3/b24-13+,25-19+. The summed E-state index contributed by atoms with van der Waals surface area (Å²) in [4.78, 5) is 21.7. The van der Waals surface area contributed by atoms with Crippen LogP contribution < -0.4 is 4.74 Å². The highest BCUT2D eigenvalue weighted by atomic mass is 19.4. The molecule has 0 spiro atoms. The zero-order chi connectivity index (χ0) is 21.4. The molecule has 29 heavy (non-hydrogen) atoms. The molecule has 9 heteroatoms. The maximum atomic E-state index is 12.9. The lowest BCUT2D eigenvalue weighted by Crippen LogP contribution is -2.11. The Morgan fingerprint density at radius 3 is 2.41 bits per heavy atom. The molecular formula is C20H19F3N2O4. The minimum absolute atomic E-state index is 0.116. The number of carbonyl (C=O) groups is 1. The largest absolute Gasteiger partial charge is 0.426 e. The number of halogens is 3. The van der Waals surface area contributed by atoms with Crippen LogP contribution in [-0.2, 0) is 20.6 Å². The Bertz CT molecular complexity index is 924. The van der Waals surface area contributed by atoms with Gasteiger partial charge in [-0.15, -0.1) is 0 Å². The monoisotopic (exact) mass is 408 g/mol. The number of esters is 1. The number of hydrogen-bond acceptors (Lipinski definition) is 6. The summed E-state index contributed by atoms with van der Waals surface area (Å²) < 4.78 is 43.8. The minimum Gasteiger partial charge on any atom is -0.426 e. The molecule has 0 atom stereocenters. The smallest absolute Gasteiger partial charge is 0.416 e. The van der Waals surface area contributed by atoms with E-state index in [1.54, 1.807) is 25.1 Å². The van der Waals surface area contributed by atoms with Crippen molar-refractivity contribution in [1.29, 1.82) is 0 Å². The van der Waals surface area contributed by atoms with E-state index < -0.39 is 17.7 Å². The second kappa shape index (κ2) is 9.72. The molecule has 0 bridgehead atoms. The Labute approximate surface area is 165 Å². The van der Waals surface area contributed by atoms with Crippen LogP contribution >= 0.6 is 0 Å². The van der Waals surface area contributed by atoms with Gasteiger partial charge in [0.15, 0.2) is 0 Å². The van der Waals surface area contributed by atoms with E-state index >= 15 is 0 Å². The van der Waals surface area contributed by atoms with Crippen molar-refractivity contribution in [1.82, 2.24) is 0 Å². The normalized spacial score (nSPS) is 12.5. The zero-order valence-corrected chi connectivity index (χ0v) is 16.0.